The van der Waals surface area contributed by atoms with E-state index in [4.69, 9.17) is 11.5 Å². The fourth-order valence-corrected chi connectivity index (χ4v) is 4.20. The summed E-state index contributed by atoms with van der Waals surface area (Å²) in [6.45, 7) is 4.71. The van der Waals surface area contributed by atoms with Crippen molar-refractivity contribution in [1.82, 2.24) is 4.90 Å². The summed E-state index contributed by atoms with van der Waals surface area (Å²) in [5, 5.41) is 0. The van der Waals surface area contributed by atoms with Crippen LogP contribution in [0.4, 0.5) is 17.1 Å². The predicted molar refractivity (Wildman–Crippen MR) is 133 cm³/mol. The van der Waals surface area contributed by atoms with E-state index in [1.807, 2.05) is 6.07 Å². The number of amides is 2. The quantitative estimate of drug-likeness (QED) is 0.548. The van der Waals surface area contributed by atoms with Crippen LogP contribution < -0.4 is 21.3 Å². The minimum Gasteiger partial charge on any atom is -0.398 e. The number of carbonyl (C=O) groups excluding carboxylic acids is 2. The van der Waals surface area contributed by atoms with Crippen molar-refractivity contribution in [3.63, 3.8) is 0 Å². The van der Waals surface area contributed by atoms with Gasteiger partial charge in [-0.25, -0.2) is 0 Å². The topological polar surface area (TPSA) is 95.9 Å². The van der Waals surface area contributed by atoms with E-state index in [0.29, 0.717) is 35.6 Å². The fourth-order valence-electron chi connectivity index (χ4n) is 4.20. The number of para-hydroxylation sites is 3. The highest BCUT2D eigenvalue weighted by atomic mass is 16.2. The molecule has 1 aliphatic heterocycles. The molecule has 0 radical (unpaired) electrons. The zero-order valence-corrected chi connectivity index (χ0v) is 18.6. The van der Waals surface area contributed by atoms with Gasteiger partial charge in [-0.3, -0.25) is 14.5 Å². The van der Waals surface area contributed by atoms with Crippen LogP contribution in [0.5, 0.6) is 0 Å². The van der Waals surface area contributed by atoms with E-state index < -0.39 is 5.91 Å². The van der Waals surface area contributed by atoms with Crippen LogP contribution in [0.25, 0.3) is 0 Å². The van der Waals surface area contributed by atoms with Gasteiger partial charge in [-0.05, 0) is 36.4 Å². The standard InChI is InChI=1S/C26H29N5O2/c27-23-12-6-4-10-21(23)26(33)31(24-13-7-5-11-22(24)25(28)32)19-16-29-14-17-30(18-15-29)20-8-2-1-3-9-20/h1-13H,14-19,27H2,(H2,28,32). The van der Waals surface area contributed by atoms with E-state index in [2.05, 4.69) is 34.1 Å². The lowest BCUT2D eigenvalue weighted by Gasteiger charge is -2.37. The molecule has 3 aromatic carbocycles. The minimum atomic E-state index is -0.569. The van der Waals surface area contributed by atoms with Crippen LogP contribution in [0, 0.1) is 0 Å². The van der Waals surface area contributed by atoms with Gasteiger partial charge >= 0.3 is 0 Å². The van der Waals surface area contributed by atoms with E-state index in [1.165, 1.54) is 5.69 Å². The van der Waals surface area contributed by atoms with Crippen LogP contribution in [0.3, 0.4) is 0 Å². The Kier molecular flexibility index (Phi) is 6.90. The smallest absolute Gasteiger partial charge is 0.260 e. The number of rotatable bonds is 7. The van der Waals surface area contributed by atoms with Crippen molar-refractivity contribution in [2.45, 2.75) is 0 Å². The molecule has 0 aromatic heterocycles. The van der Waals surface area contributed by atoms with Gasteiger partial charge in [0.05, 0.1) is 16.8 Å². The SMILES string of the molecule is NC(=O)c1ccccc1N(CCN1CCN(c2ccccc2)CC1)C(=O)c1ccccc1N. The van der Waals surface area contributed by atoms with Crippen LogP contribution >= 0.6 is 0 Å². The zero-order valence-electron chi connectivity index (χ0n) is 18.6. The van der Waals surface area contributed by atoms with Crippen LogP contribution in [-0.2, 0) is 0 Å². The molecule has 1 fully saturated rings. The normalized spacial score (nSPS) is 14.1. The summed E-state index contributed by atoms with van der Waals surface area (Å²) in [6.07, 6.45) is 0. The molecule has 7 heteroatoms. The maximum Gasteiger partial charge on any atom is 0.260 e. The number of piperazine rings is 1. The Morgan fingerprint density at radius 1 is 0.788 bits per heavy atom. The fraction of sp³-hybridized carbons (Fsp3) is 0.231. The van der Waals surface area contributed by atoms with Crippen molar-refractivity contribution in [2.24, 2.45) is 5.73 Å². The molecule has 33 heavy (non-hydrogen) atoms. The number of benzene rings is 3. The molecule has 170 valence electrons. The van der Waals surface area contributed by atoms with Gasteiger partial charge in [0.1, 0.15) is 0 Å². The van der Waals surface area contributed by atoms with E-state index in [0.717, 1.165) is 26.2 Å². The average molecular weight is 444 g/mol. The third-order valence-electron chi connectivity index (χ3n) is 6.03. The lowest BCUT2D eigenvalue weighted by atomic mass is 10.1. The van der Waals surface area contributed by atoms with Crippen LogP contribution in [0.15, 0.2) is 78.9 Å². The minimum absolute atomic E-state index is 0.246. The molecule has 1 heterocycles. The number of nitrogens with two attached hydrogens (primary N) is 2. The highest BCUT2D eigenvalue weighted by Gasteiger charge is 2.25. The van der Waals surface area contributed by atoms with Crippen molar-refractivity contribution >= 4 is 28.9 Å². The third-order valence-corrected chi connectivity index (χ3v) is 6.03. The van der Waals surface area contributed by atoms with Gasteiger partial charge in [0.15, 0.2) is 0 Å². The average Bonchev–Trinajstić information content (AvgIpc) is 2.85. The lowest BCUT2D eigenvalue weighted by molar-refractivity contribution is 0.0983. The van der Waals surface area contributed by atoms with Gasteiger partial charge in [0, 0.05) is 50.6 Å². The number of carbonyl (C=O) groups is 2. The number of hydrogen-bond donors (Lipinski definition) is 2. The van der Waals surface area contributed by atoms with Crippen molar-refractivity contribution < 1.29 is 9.59 Å². The van der Waals surface area contributed by atoms with Crippen LogP contribution in [-0.4, -0.2) is 56.0 Å². The molecule has 4 rings (SSSR count). The summed E-state index contributed by atoms with van der Waals surface area (Å²) in [5.74, 6) is -0.814. The van der Waals surface area contributed by atoms with E-state index in [1.54, 1.807) is 53.4 Å². The number of anilines is 3. The van der Waals surface area contributed by atoms with E-state index in [9.17, 15) is 9.59 Å². The van der Waals surface area contributed by atoms with Gasteiger partial charge in [0.2, 0.25) is 0 Å². The van der Waals surface area contributed by atoms with E-state index >= 15 is 0 Å². The third kappa shape index (κ3) is 5.15. The highest BCUT2D eigenvalue weighted by Crippen LogP contribution is 2.24. The van der Waals surface area contributed by atoms with Crippen molar-refractivity contribution in [2.75, 3.05) is 54.8 Å². The molecule has 0 saturated carbocycles. The van der Waals surface area contributed by atoms with Gasteiger partial charge in [-0.2, -0.15) is 0 Å². The van der Waals surface area contributed by atoms with Crippen molar-refractivity contribution in [3.8, 4) is 0 Å². The highest BCUT2D eigenvalue weighted by molar-refractivity contribution is 6.12. The van der Waals surface area contributed by atoms with Crippen LogP contribution in [0.2, 0.25) is 0 Å². The Morgan fingerprint density at radius 3 is 2.06 bits per heavy atom. The molecule has 0 bridgehead atoms. The summed E-state index contributed by atoms with van der Waals surface area (Å²) < 4.78 is 0. The first-order valence-corrected chi connectivity index (χ1v) is 11.1. The molecule has 3 aromatic rings. The molecule has 1 saturated heterocycles. The number of primary amides is 1. The maximum absolute atomic E-state index is 13.5. The second-order valence-corrected chi connectivity index (χ2v) is 8.09. The first-order chi connectivity index (χ1) is 16.0. The largest absolute Gasteiger partial charge is 0.398 e. The summed E-state index contributed by atoms with van der Waals surface area (Å²) in [7, 11) is 0. The second-order valence-electron chi connectivity index (χ2n) is 8.09. The summed E-state index contributed by atoms with van der Waals surface area (Å²) in [5.41, 5.74) is 14.6. The molecule has 0 unspecified atom stereocenters. The molecule has 1 aliphatic rings. The van der Waals surface area contributed by atoms with Gasteiger partial charge in [-0.15, -0.1) is 0 Å². The van der Waals surface area contributed by atoms with Gasteiger partial charge < -0.3 is 21.3 Å². The van der Waals surface area contributed by atoms with Gasteiger partial charge in [0.25, 0.3) is 11.8 Å². The lowest BCUT2D eigenvalue weighted by Crippen LogP contribution is -2.49. The number of hydrogen-bond acceptors (Lipinski definition) is 5. The Morgan fingerprint density at radius 2 is 1.39 bits per heavy atom. The molecule has 7 nitrogen and oxygen atoms in total. The van der Waals surface area contributed by atoms with Crippen molar-refractivity contribution in [1.29, 1.82) is 0 Å². The number of nitrogens with zero attached hydrogens (tertiary/aromatic N) is 3. The summed E-state index contributed by atoms with van der Waals surface area (Å²) in [4.78, 5) is 31.9. The Labute approximate surface area is 194 Å². The molecular weight excluding hydrogens is 414 g/mol. The van der Waals surface area contributed by atoms with Gasteiger partial charge in [-0.1, -0.05) is 42.5 Å². The molecule has 0 spiro atoms. The summed E-state index contributed by atoms with van der Waals surface area (Å²) >= 11 is 0. The van der Waals surface area contributed by atoms with E-state index in [-0.39, 0.29) is 5.91 Å². The Bertz CT molecular complexity index is 1110. The molecular formula is C26H29N5O2. The van der Waals surface area contributed by atoms with Crippen molar-refractivity contribution in [3.05, 3.63) is 90.0 Å². The predicted octanol–water partition coefficient (Wildman–Crippen LogP) is 2.84. The Hall–Kier alpha value is -3.84. The first-order valence-electron chi connectivity index (χ1n) is 11.1. The first kappa shape index (κ1) is 22.4. The monoisotopic (exact) mass is 443 g/mol. The second kappa shape index (κ2) is 10.2. The molecule has 2 amide bonds. The molecule has 0 aliphatic carbocycles. The molecule has 0 atom stereocenters. The zero-order chi connectivity index (χ0) is 23.2. The Balaban J connectivity index is 1.51. The summed E-state index contributed by atoms with van der Waals surface area (Å²) in [6, 6.07) is 24.3. The van der Waals surface area contributed by atoms with Crippen LogP contribution in [0.1, 0.15) is 20.7 Å². The maximum atomic E-state index is 13.5. The number of nitrogen functional groups attached to an aromatic ring is 1. The molecule has 4 N–H and O–H groups in total.